The SMILES string of the molecule is COc1cccc(CN2[C@@H]3CC[C@H]2Cc2nc(C)[nH]c(=O)c2C3)n1. The second kappa shape index (κ2) is 6.02. The van der Waals surface area contributed by atoms with Gasteiger partial charge in [0, 0.05) is 36.7 Å². The van der Waals surface area contributed by atoms with Crippen LogP contribution in [-0.2, 0) is 19.4 Å². The molecule has 0 unspecified atom stereocenters. The van der Waals surface area contributed by atoms with Crippen molar-refractivity contribution in [1.29, 1.82) is 0 Å². The molecule has 0 aromatic carbocycles. The molecule has 1 N–H and O–H groups in total. The normalized spacial score (nSPS) is 22.9. The summed E-state index contributed by atoms with van der Waals surface area (Å²) in [6.07, 6.45) is 3.90. The van der Waals surface area contributed by atoms with Crippen LogP contribution in [0.15, 0.2) is 23.0 Å². The van der Waals surface area contributed by atoms with Gasteiger partial charge < -0.3 is 9.72 Å². The fourth-order valence-corrected chi connectivity index (χ4v) is 4.06. The Morgan fingerprint density at radius 3 is 2.83 bits per heavy atom. The smallest absolute Gasteiger partial charge is 0.254 e. The van der Waals surface area contributed by atoms with E-state index in [1.165, 1.54) is 0 Å². The van der Waals surface area contributed by atoms with Crippen LogP contribution in [0.25, 0.3) is 0 Å². The lowest BCUT2D eigenvalue weighted by Gasteiger charge is -2.27. The van der Waals surface area contributed by atoms with Crippen molar-refractivity contribution in [1.82, 2.24) is 19.9 Å². The summed E-state index contributed by atoms with van der Waals surface area (Å²) in [6, 6.07) is 6.69. The topological polar surface area (TPSA) is 71.1 Å². The Balaban J connectivity index is 1.63. The van der Waals surface area contributed by atoms with Gasteiger partial charge in [0.1, 0.15) is 5.82 Å². The highest BCUT2D eigenvalue weighted by Gasteiger charge is 2.38. The van der Waals surface area contributed by atoms with Crippen LogP contribution in [-0.4, -0.2) is 39.0 Å². The third-order valence-electron chi connectivity index (χ3n) is 5.19. The molecular formula is C18H22N4O2. The molecule has 2 aromatic rings. The average Bonchev–Trinajstić information content (AvgIpc) is 2.83. The Bertz CT molecular complexity index is 817. The number of hydrogen-bond acceptors (Lipinski definition) is 5. The Labute approximate surface area is 140 Å². The predicted octanol–water partition coefficient (Wildman–Crippen LogP) is 1.61. The van der Waals surface area contributed by atoms with Gasteiger partial charge in [0.05, 0.1) is 18.5 Å². The van der Waals surface area contributed by atoms with Gasteiger partial charge in [-0.3, -0.25) is 9.69 Å². The van der Waals surface area contributed by atoms with Crippen molar-refractivity contribution >= 4 is 0 Å². The van der Waals surface area contributed by atoms with Crippen molar-refractivity contribution in [3.05, 3.63) is 51.3 Å². The zero-order valence-electron chi connectivity index (χ0n) is 14.1. The maximum Gasteiger partial charge on any atom is 0.254 e. The number of nitrogens with one attached hydrogen (secondary N) is 1. The third-order valence-corrected chi connectivity index (χ3v) is 5.19. The van der Waals surface area contributed by atoms with Gasteiger partial charge in [0.15, 0.2) is 0 Å². The molecule has 6 nitrogen and oxygen atoms in total. The van der Waals surface area contributed by atoms with Crippen LogP contribution >= 0.6 is 0 Å². The number of H-pyrrole nitrogens is 1. The first kappa shape index (κ1) is 15.3. The Kier molecular flexibility index (Phi) is 3.84. The van der Waals surface area contributed by atoms with E-state index in [0.717, 1.165) is 49.2 Å². The maximum absolute atomic E-state index is 12.3. The summed E-state index contributed by atoms with van der Waals surface area (Å²) in [5.41, 5.74) is 2.89. The van der Waals surface area contributed by atoms with Gasteiger partial charge in [-0.25, -0.2) is 9.97 Å². The lowest BCUT2D eigenvalue weighted by atomic mass is 9.98. The van der Waals surface area contributed by atoms with Crippen molar-refractivity contribution in [2.24, 2.45) is 0 Å². The van der Waals surface area contributed by atoms with Gasteiger partial charge in [0.25, 0.3) is 5.56 Å². The summed E-state index contributed by atoms with van der Waals surface area (Å²) in [5.74, 6) is 1.35. The van der Waals surface area contributed by atoms with Gasteiger partial charge in [0.2, 0.25) is 5.88 Å². The average molecular weight is 326 g/mol. The van der Waals surface area contributed by atoms with Gasteiger partial charge in [-0.1, -0.05) is 6.07 Å². The molecule has 0 radical (unpaired) electrons. The molecule has 2 atom stereocenters. The number of aromatic amines is 1. The van der Waals surface area contributed by atoms with Crippen molar-refractivity contribution in [2.45, 2.75) is 51.2 Å². The molecule has 1 saturated heterocycles. The fraction of sp³-hybridized carbons (Fsp3) is 0.500. The quantitative estimate of drug-likeness (QED) is 0.928. The molecule has 6 heteroatoms. The number of methoxy groups -OCH3 is 1. The number of fused-ring (bicyclic) bond motifs is 3. The molecule has 2 aromatic heterocycles. The Morgan fingerprint density at radius 1 is 1.25 bits per heavy atom. The van der Waals surface area contributed by atoms with Crippen LogP contribution in [0.4, 0.5) is 0 Å². The standard InChI is InChI=1S/C18H22N4O2/c1-11-19-16-9-14-7-6-13(8-15(16)18(23)20-11)22(14)10-12-4-3-5-17(21-12)24-2/h3-5,13-14H,6-10H2,1-2H3,(H,19,20,23)/t13-,14+/m1/s1. The lowest BCUT2D eigenvalue weighted by molar-refractivity contribution is 0.184. The van der Waals surface area contributed by atoms with E-state index >= 15 is 0 Å². The zero-order chi connectivity index (χ0) is 16.7. The highest BCUT2D eigenvalue weighted by atomic mass is 16.5. The molecule has 2 aliphatic rings. The minimum absolute atomic E-state index is 0.0319. The molecular weight excluding hydrogens is 304 g/mol. The first-order valence-corrected chi connectivity index (χ1v) is 8.48. The fourth-order valence-electron chi connectivity index (χ4n) is 4.06. The maximum atomic E-state index is 12.3. The monoisotopic (exact) mass is 326 g/mol. The summed E-state index contributed by atoms with van der Waals surface area (Å²) < 4.78 is 5.23. The van der Waals surface area contributed by atoms with E-state index in [1.807, 2.05) is 25.1 Å². The van der Waals surface area contributed by atoms with Gasteiger partial charge >= 0.3 is 0 Å². The Hall–Kier alpha value is -2.21. The van der Waals surface area contributed by atoms with Crippen molar-refractivity contribution in [3.8, 4) is 5.88 Å². The summed E-state index contributed by atoms with van der Waals surface area (Å²) in [5, 5.41) is 0. The van der Waals surface area contributed by atoms with Crippen LogP contribution in [0.1, 0.15) is 35.6 Å². The van der Waals surface area contributed by atoms with Gasteiger partial charge in [-0.15, -0.1) is 0 Å². The predicted molar refractivity (Wildman–Crippen MR) is 90.1 cm³/mol. The minimum atomic E-state index is 0.0319. The second-order valence-electron chi connectivity index (χ2n) is 6.71. The molecule has 2 aliphatic heterocycles. The van der Waals surface area contributed by atoms with Crippen LogP contribution in [0.5, 0.6) is 5.88 Å². The summed E-state index contributed by atoms with van der Waals surface area (Å²) >= 11 is 0. The number of aromatic nitrogens is 3. The summed E-state index contributed by atoms with van der Waals surface area (Å²) in [7, 11) is 1.64. The van der Waals surface area contributed by atoms with E-state index in [2.05, 4.69) is 19.9 Å². The van der Waals surface area contributed by atoms with Gasteiger partial charge in [-0.2, -0.15) is 0 Å². The van der Waals surface area contributed by atoms with Crippen molar-refractivity contribution < 1.29 is 4.74 Å². The van der Waals surface area contributed by atoms with E-state index in [1.54, 1.807) is 7.11 Å². The number of nitrogens with zero attached hydrogens (tertiary/aromatic N) is 3. The molecule has 0 amide bonds. The zero-order valence-corrected chi connectivity index (χ0v) is 14.1. The molecule has 4 rings (SSSR count). The van der Waals surface area contributed by atoms with Crippen LogP contribution in [0, 0.1) is 6.92 Å². The number of ether oxygens (including phenoxy) is 1. The first-order valence-electron chi connectivity index (χ1n) is 8.48. The number of aryl methyl sites for hydroxylation is 1. The van der Waals surface area contributed by atoms with E-state index in [-0.39, 0.29) is 5.56 Å². The highest BCUT2D eigenvalue weighted by molar-refractivity contribution is 5.24. The summed E-state index contributed by atoms with van der Waals surface area (Å²) in [6.45, 7) is 2.64. The van der Waals surface area contributed by atoms with Crippen molar-refractivity contribution in [3.63, 3.8) is 0 Å². The van der Waals surface area contributed by atoms with Crippen LogP contribution < -0.4 is 10.3 Å². The number of rotatable bonds is 3. The van der Waals surface area contributed by atoms with E-state index in [9.17, 15) is 4.79 Å². The van der Waals surface area contributed by atoms with E-state index in [4.69, 9.17) is 4.74 Å². The number of pyridine rings is 1. The first-order chi connectivity index (χ1) is 11.6. The molecule has 1 fully saturated rings. The largest absolute Gasteiger partial charge is 0.481 e. The molecule has 0 spiro atoms. The molecule has 126 valence electrons. The van der Waals surface area contributed by atoms with E-state index < -0.39 is 0 Å². The molecule has 24 heavy (non-hydrogen) atoms. The lowest BCUT2D eigenvalue weighted by Crippen LogP contribution is -2.36. The van der Waals surface area contributed by atoms with Crippen LogP contribution in [0.3, 0.4) is 0 Å². The number of hydrogen-bond donors (Lipinski definition) is 1. The highest BCUT2D eigenvalue weighted by Crippen LogP contribution is 2.33. The van der Waals surface area contributed by atoms with Gasteiger partial charge in [-0.05, 0) is 32.3 Å². The van der Waals surface area contributed by atoms with E-state index in [0.29, 0.717) is 23.8 Å². The summed E-state index contributed by atoms with van der Waals surface area (Å²) in [4.78, 5) is 26.8. The van der Waals surface area contributed by atoms with Crippen LogP contribution in [0.2, 0.25) is 0 Å². The molecule has 0 aliphatic carbocycles. The molecule has 4 heterocycles. The third kappa shape index (κ3) is 2.71. The molecule has 2 bridgehead atoms. The molecule has 0 saturated carbocycles. The second-order valence-corrected chi connectivity index (χ2v) is 6.71. The van der Waals surface area contributed by atoms with Crippen molar-refractivity contribution in [2.75, 3.05) is 7.11 Å². The Morgan fingerprint density at radius 2 is 2.04 bits per heavy atom. The minimum Gasteiger partial charge on any atom is -0.481 e.